The fourth-order valence-corrected chi connectivity index (χ4v) is 7.54. The predicted octanol–water partition coefficient (Wildman–Crippen LogP) is 1.03. The van der Waals surface area contributed by atoms with E-state index in [1.807, 2.05) is 0 Å². The van der Waals surface area contributed by atoms with Crippen LogP contribution >= 0.6 is 0 Å². The number of sulfonamides is 1. The molecule has 5 rings (SSSR count). The summed E-state index contributed by atoms with van der Waals surface area (Å²) in [5.74, 6) is -3.41. The van der Waals surface area contributed by atoms with Crippen molar-refractivity contribution < 1.29 is 46.3 Å². The van der Waals surface area contributed by atoms with Crippen LogP contribution in [0.1, 0.15) is 57.6 Å². The lowest BCUT2D eigenvalue weighted by Crippen LogP contribution is -2.59. The lowest BCUT2D eigenvalue weighted by atomic mass is 10.1. The maximum absolute atomic E-state index is 14.3. The third kappa shape index (κ3) is 7.98. The lowest BCUT2D eigenvalue weighted by Gasteiger charge is -2.30. The van der Waals surface area contributed by atoms with Crippen LogP contribution in [0.5, 0.6) is 0 Å². The van der Waals surface area contributed by atoms with Crippen molar-refractivity contribution in [3.63, 3.8) is 0 Å². The van der Waals surface area contributed by atoms with Gasteiger partial charge in [-0.15, -0.1) is 6.58 Å². The molecule has 0 radical (unpaired) electrons. The summed E-state index contributed by atoms with van der Waals surface area (Å²) in [5, 5.41) is 7.34. The highest BCUT2D eigenvalue weighted by atomic mass is 32.2. The van der Waals surface area contributed by atoms with E-state index in [1.165, 1.54) is 17.0 Å². The Labute approximate surface area is 284 Å². The molecule has 1 aromatic carbocycles. The summed E-state index contributed by atoms with van der Waals surface area (Å²) in [6.07, 6.45) is -0.434. The number of likely N-dealkylation sites (N-methyl/N-ethyl adjacent to an activating group) is 1. The van der Waals surface area contributed by atoms with E-state index in [1.54, 1.807) is 40.0 Å². The molecule has 49 heavy (non-hydrogen) atoms. The molecule has 0 bridgehead atoms. The first-order valence-electron chi connectivity index (χ1n) is 16.1. The van der Waals surface area contributed by atoms with Gasteiger partial charge in [0.25, 0.3) is 5.91 Å². The molecule has 268 valence electrons. The highest BCUT2D eigenvalue weighted by Gasteiger charge is 2.62. The zero-order chi connectivity index (χ0) is 35.9. The number of benzene rings is 1. The molecule has 2 heterocycles. The minimum Gasteiger partial charge on any atom is -0.444 e. The molecule has 1 unspecified atom stereocenters. The molecule has 4 N–H and O–H groups in total. The number of ether oxygens (including phenoxy) is 2. The van der Waals surface area contributed by atoms with Gasteiger partial charge in [-0.25, -0.2) is 22.4 Å². The topological polar surface area (TPSA) is 193 Å². The molecule has 5 amide bonds. The van der Waals surface area contributed by atoms with E-state index in [4.69, 9.17) is 9.47 Å². The van der Waals surface area contributed by atoms with Crippen LogP contribution in [-0.2, 0) is 47.0 Å². The molecule has 17 heteroatoms. The Morgan fingerprint density at radius 1 is 1.16 bits per heavy atom. The molecule has 5 atom stereocenters. The number of nitrogens with one attached hydrogen (secondary N) is 4. The Balaban J connectivity index is 1.35. The summed E-state index contributed by atoms with van der Waals surface area (Å²) in [4.78, 5) is 69.6. The van der Waals surface area contributed by atoms with Crippen LogP contribution in [0.3, 0.4) is 0 Å². The molecule has 3 fully saturated rings. The Kier molecular flexibility index (Phi) is 9.98. The third-order valence-electron chi connectivity index (χ3n) is 8.95. The number of halogens is 1. The van der Waals surface area contributed by atoms with Gasteiger partial charge in [0.2, 0.25) is 21.8 Å². The lowest BCUT2D eigenvalue weighted by molar-refractivity contribution is -0.141. The summed E-state index contributed by atoms with van der Waals surface area (Å²) < 4.78 is 52.6. The van der Waals surface area contributed by atoms with Crippen LogP contribution in [0.4, 0.5) is 14.0 Å². The summed E-state index contributed by atoms with van der Waals surface area (Å²) in [6.45, 7) is 8.48. The van der Waals surface area contributed by atoms with Crippen LogP contribution in [-0.4, -0.2) is 103 Å². The number of rotatable bonds is 11. The van der Waals surface area contributed by atoms with E-state index in [0.29, 0.717) is 24.0 Å². The molecule has 1 saturated heterocycles. The summed E-state index contributed by atoms with van der Waals surface area (Å²) in [5.41, 5.74) is -1.47. The van der Waals surface area contributed by atoms with E-state index >= 15 is 0 Å². The first-order chi connectivity index (χ1) is 23.0. The summed E-state index contributed by atoms with van der Waals surface area (Å²) in [6, 6.07) is 2.07. The zero-order valence-corrected chi connectivity index (χ0v) is 28.7. The maximum atomic E-state index is 14.3. The Bertz CT molecular complexity index is 1650. The van der Waals surface area contributed by atoms with Gasteiger partial charge in [0.15, 0.2) is 0 Å². The monoisotopic (exact) mass is 706 g/mol. The van der Waals surface area contributed by atoms with Crippen molar-refractivity contribution in [2.24, 2.45) is 5.92 Å². The van der Waals surface area contributed by atoms with Gasteiger partial charge in [0.1, 0.15) is 35.1 Å². The highest BCUT2D eigenvalue weighted by molar-refractivity contribution is 7.91. The number of fused-ring (bicyclic) bond motifs is 1. The van der Waals surface area contributed by atoms with Gasteiger partial charge in [-0.1, -0.05) is 18.2 Å². The van der Waals surface area contributed by atoms with Crippen LogP contribution in [0, 0.1) is 11.7 Å². The van der Waals surface area contributed by atoms with Gasteiger partial charge < -0.3 is 30.3 Å². The molecule has 2 aliphatic heterocycles. The molecule has 15 nitrogen and oxygen atoms in total. The summed E-state index contributed by atoms with van der Waals surface area (Å²) >= 11 is 0. The van der Waals surface area contributed by atoms with E-state index in [2.05, 4.69) is 27.3 Å². The number of amides is 5. The van der Waals surface area contributed by atoms with Gasteiger partial charge in [-0.3, -0.25) is 24.0 Å². The van der Waals surface area contributed by atoms with E-state index < -0.39 is 86.2 Å². The fraction of sp³-hybridized carbons (Fsp3) is 0.594. The minimum absolute atomic E-state index is 0.0193. The van der Waals surface area contributed by atoms with E-state index in [-0.39, 0.29) is 39.0 Å². The molecular weight excluding hydrogens is 663 g/mol. The number of likely N-dealkylation sites (tertiary alicyclic amines) is 1. The van der Waals surface area contributed by atoms with Crippen molar-refractivity contribution in [1.82, 2.24) is 30.5 Å². The van der Waals surface area contributed by atoms with Crippen molar-refractivity contribution in [3.8, 4) is 0 Å². The smallest absolute Gasteiger partial charge is 0.410 e. The molecule has 2 aliphatic carbocycles. The van der Waals surface area contributed by atoms with Crippen molar-refractivity contribution in [1.29, 1.82) is 0 Å². The number of nitrogens with zero attached hydrogens (tertiary/aromatic N) is 2. The second kappa shape index (κ2) is 13.6. The fourth-order valence-electron chi connectivity index (χ4n) is 6.18. The van der Waals surface area contributed by atoms with Gasteiger partial charge >= 0.3 is 12.2 Å². The van der Waals surface area contributed by atoms with Crippen LogP contribution < -0.4 is 20.7 Å². The van der Waals surface area contributed by atoms with E-state index in [0.717, 1.165) is 4.90 Å². The van der Waals surface area contributed by atoms with Crippen molar-refractivity contribution in [2.45, 2.75) is 94.1 Å². The molecule has 4 aliphatic rings. The number of hydrogen-bond acceptors (Lipinski definition) is 10. The Morgan fingerprint density at radius 2 is 1.88 bits per heavy atom. The first-order valence-corrected chi connectivity index (χ1v) is 17.7. The Morgan fingerprint density at radius 3 is 2.47 bits per heavy atom. The van der Waals surface area contributed by atoms with Crippen LogP contribution in [0.15, 0.2) is 30.9 Å². The van der Waals surface area contributed by atoms with Gasteiger partial charge in [-0.05, 0) is 58.7 Å². The summed E-state index contributed by atoms with van der Waals surface area (Å²) in [7, 11) is -2.37. The molecular formula is C32H43FN6O9S. The number of alkyl carbamates (subject to hydrolysis) is 1. The molecule has 2 saturated carbocycles. The van der Waals surface area contributed by atoms with Crippen molar-refractivity contribution >= 4 is 39.9 Å². The third-order valence-corrected chi connectivity index (χ3v) is 10.8. The van der Waals surface area contributed by atoms with Crippen LogP contribution in [0.25, 0.3) is 0 Å². The van der Waals surface area contributed by atoms with Gasteiger partial charge in [0, 0.05) is 31.0 Å². The number of carbonyl (C=O) groups is 5. The predicted molar refractivity (Wildman–Crippen MR) is 172 cm³/mol. The second-order valence-electron chi connectivity index (χ2n) is 13.9. The van der Waals surface area contributed by atoms with Gasteiger partial charge in [0.05, 0.1) is 18.3 Å². The second-order valence-corrected chi connectivity index (χ2v) is 15.9. The highest BCUT2D eigenvalue weighted by Crippen LogP contribution is 2.45. The average molecular weight is 707 g/mol. The Hall–Kier alpha value is -4.25. The normalized spacial score (nSPS) is 25.1. The first kappa shape index (κ1) is 36.0. The average Bonchev–Trinajstić information content (AvgIpc) is 3.90. The van der Waals surface area contributed by atoms with Crippen LogP contribution in [0.2, 0.25) is 0 Å². The molecule has 0 spiro atoms. The molecule has 1 aromatic rings. The maximum Gasteiger partial charge on any atom is 0.410 e. The quantitative estimate of drug-likeness (QED) is 0.242. The minimum atomic E-state index is -3.93. The molecule has 0 aromatic heterocycles. The SMILES string of the molecule is C=CC1C[C@]1(NC(=O)[C@@H]1C[C@@H](OC(=O)N2Cc3cccc(F)c3C2)CN1C(=O)[C@H](CNC)NC(=O)OC(C)(C)C)C(=O)NS(=O)(=O)C1CC1. The zero-order valence-electron chi connectivity index (χ0n) is 27.9. The standard InChI is InChI=1S/C32H43FN6O9S/c1-6-19-13-32(19,28(42)37-49(45,46)21-10-11-21)36-26(40)25-12-20(47-30(44)38-15-18-8-7-9-23(33)22(18)17-38)16-39(25)27(41)24(14-34-5)35-29(43)48-31(2,3)4/h6-9,19-21,24-25,34H,1,10-17H2,2-5H3,(H,35,43)(H,36,40)(H,37,42)/t19?,20-,24+,25+,32-/m1/s1. The van der Waals surface area contributed by atoms with E-state index in [9.17, 15) is 36.8 Å². The van der Waals surface area contributed by atoms with Crippen molar-refractivity contribution in [2.75, 3.05) is 20.1 Å². The van der Waals surface area contributed by atoms with Gasteiger partial charge in [-0.2, -0.15) is 0 Å². The largest absolute Gasteiger partial charge is 0.444 e. The number of carbonyl (C=O) groups excluding carboxylic acids is 5. The van der Waals surface area contributed by atoms with Crippen molar-refractivity contribution in [3.05, 3.63) is 47.8 Å². The number of hydrogen-bond donors (Lipinski definition) is 4.